The van der Waals surface area contributed by atoms with E-state index in [0.29, 0.717) is 6.10 Å². The molecule has 1 aliphatic rings. The first-order valence-corrected chi connectivity index (χ1v) is 6.12. The molecule has 0 saturated carbocycles. The molecular formula is C12H21N3O. The van der Waals surface area contributed by atoms with Gasteiger partial charge >= 0.3 is 0 Å². The molecule has 1 aromatic heterocycles. The zero-order chi connectivity index (χ0) is 11.4. The minimum atomic E-state index is 0.198. The van der Waals surface area contributed by atoms with E-state index in [1.807, 2.05) is 17.8 Å². The van der Waals surface area contributed by atoms with Crippen LogP contribution < -0.4 is 5.73 Å². The second kappa shape index (κ2) is 5.46. The van der Waals surface area contributed by atoms with Gasteiger partial charge in [-0.25, -0.2) is 0 Å². The number of hydrogen-bond donors (Lipinski definition) is 1. The van der Waals surface area contributed by atoms with E-state index < -0.39 is 0 Å². The maximum absolute atomic E-state index is 5.76. The van der Waals surface area contributed by atoms with Crippen LogP contribution in [0.5, 0.6) is 0 Å². The van der Waals surface area contributed by atoms with E-state index in [-0.39, 0.29) is 6.04 Å². The third-order valence-corrected chi connectivity index (χ3v) is 2.91. The molecule has 2 heterocycles. The molecule has 2 rings (SSSR count). The van der Waals surface area contributed by atoms with Crippen molar-refractivity contribution in [1.82, 2.24) is 9.78 Å². The van der Waals surface area contributed by atoms with Gasteiger partial charge in [-0.15, -0.1) is 0 Å². The number of rotatable bonds is 4. The summed E-state index contributed by atoms with van der Waals surface area (Å²) in [7, 11) is 0. The van der Waals surface area contributed by atoms with E-state index in [1.54, 1.807) is 0 Å². The van der Waals surface area contributed by atoms with Crippen LogP contribution in [0.2, 0.25) is 0 Å². The van der Waals surface area contributed by atoms with Gasteiger partial charge in [-0.3, -0.25) is 4.68 Å². The Balaban J connectivity index is 1.86. The molecule has 90 valence electrons. The molecule has 1 saturated heterocycles. The van der Waals surface area contributed by atoms with Crippen LogP contribution >= 0.6 is 0 Å². The lowest BCUT2D eigenvalue weighted by atomic mass is 10.1. The Labute approximate surface area is 96.8 Å². The fourth-order valence-corrected chi connectivity index (χ4v) is 2.14. The Morgan fingerprint density at radius 2 is 2.50 bits per heavy atom. The van der Waals surface area contributed by atoms with E-state index in [9.17, 15) is 0 Å². The molecule has 0 bridgehead atoms. The van der Waals surface area contributed by atoms with Crippen molar-refractivity contribution >= 4 is 0 Å². The summed E-state index contributed by atoms with van der Waals surface area (Å²) in [6, 6.07) is 0.198. The Hall–Kier alpha value is -0.870. The molecule has 2 atom stereocenters. The molecule has 0 aliphatic carbocycles. The van der Waals surface area contributed by atoms with Gasteiger partial charge in [0.1, 0.15) is 0 Å². The van der Waals surface area contributed by atoms with Crippen molar-refractivity contribution in [2.75, 3.05) is 6.61 Å². The molecule has 1 aliphatic heterocycles. The highest BCUT2D eigenvalue weighted by molar-refractivity contribution is 5.05. The van der Waals surface area contributed by atoms with Crippen LogP contribution in [0.15, 0.2) is 12.4 Å². The average molecular weight is 223 g/mol. The first-order valence-electron chi connectivity index (χ1n) is 6.12. The maximum Gasteiger partial charge on any atom is 0.0770 e. The highest BCUT2D eigenvalue weighted by Crippen LogP contribution is 2.14. The highest BCUT2D eigenvalue weighted by Gasteiger charge is 2.14. The average Bonchev–Trinajstić information content (AvgIpc) is 2.66. The van der Waals surface area contributed by atoms with E-state index >= 15 is 0 Å². The summed E-state index contributed by atoms with van der Waals surface area (Å²) in [5.41, 5.74) is 6.97. The van der Waals surface area contributed by atoms with Crippen LogP contribution in [0, 0.1) is 0 Å². The van der Waals surface area contributed by atoms with Gasteiger partial charge in [-0.2, -0.15) is 5.10 Å². The summed E-state index contributed by atoms with van der Waals surface area (Å²) < 4.78 is 7.67. The largest absolute Gasteiger partial charge is 0.376 e. The summed E-state index contributed by atoms with van der Waals surface area (Å²) in [5, 5.41) is 4.34. The van der Waals surface area contributed by atoms with Crippen LogP contribution in [-0.4, -0.2) is 28.5 Å². The monoisotopic (exact) mass is 223 g/mol. The van der Waals surface area contributed by atoms with Crippen molar-refractivity contribution in [3.63, 3.8) is 0 Å². The SMILES string of the molecule is CC(N)Cc1cnn(CC2CCCCO2)c1. The number of nitrogens with two attached hydrogens (primary N) is 1. The second-order valence-electron chi connectivity index (χ2n) is 4.74. The Bertz CT molecular complexity index is 316. The van der Waals surface area contributed by atoms with Gasteiger partial charge in [0.05, 0.1) is 18.8 Å². The number of hydrogen-bond acceptors (Lipinski definition) is 3. The standard InChI is InChI=1S/C12H21N3O/c1-10(13)6-11-7-14-15(8-11)9-12-4-2-3-5-16-12/h7-8,10,12H,2-6,9,13H2,1H3. The highest BCUT2D eigenvalue weighted by atomic mass is 16.5. The third kappa shape index (κ3) is 3.32. The van der Waals surface area contributed by atoms with Crippen molar-refractivity contribution in [2.45, 2.75) is 51.3 Å². The van der Waals surface area contributed by atoms with E-state index in [0.717, 1.165) is 26.0 Å². The van der Waals surface area contributed by atoms with Crippen LogP contribution in [0.25, 0.3) is 0 Å². The molecule has 2 N–H and O–H groups in total. The van der Waals surface area contributed by atoms with Gasteiger partial charge in [-0.05, 0) is 38.2 Å². The Morgan fingerprint density at radius 1 is 1.62 bits per heavy atom. The topological polar surface area (TPSA) is 53.1 Å². The molecule has 0 spiro atoms. The van der Waals surface area contributed by atoms with Crippen molar-refractivity contribution in [3.05, 3.63) is 18.0 Å². The van der Waals surface area contributed by atoms with Crippen LogP contribution in [0.1, 0.15) is 31.7 Å². The molecule has 4 heteroatoms. The molecule has 1 fully saturated rings. The van der Waals surface area contributed by atoms with Crippen molar-refractivity contribution in [2.24, 2.45) is 5.73 Å². The van der Waals surface area contributed by atoms with Gasteiger partial charge in [0.25, 0.3) is 0 Å². The molecule has 0 amide bonds. The Kier molecular flexibility index (Phi) is 3.96. The minimum absolute atomic E-state index is 0.198. The lowest BCUT2D eigenvalue weighted by Gasteiger charge is -2.22. The quantitative estimate of drug-likeness (QED) is 0.838. The zero-order valence-corrected chi connectivity index (χ0v) is 9.93. The molecule has 1 aromatic rings. The van der Waals surface area contributed by atoms with Crippen LogP contribution in [0.3, 0.4) is 0 Å². The lowest BCUT2D eigenvalue weighted by Crippen LogP contribution is -2.24. The maximum atomic E-state index is 5.76. The summed E-state index contributed by atoms with van der Waals surface area (Å²) in [4.78, 5) is 0. The first-order chi connectivity index (χ1) is 7.74. The van der Waals surface area contributed by atoms with Crippen molar-refractivity contribution < 1.29 is 4.74 Å². The summed E-state index contributed by atoms with van der Waals surface area (Å²) in [5.74, 6) is 0. The van der Waals surface area contributed by atoms with Gasteiger partial charge < -0.3 is 10.5 Å². The Morgan fingerprint density at radius 3 is 3.19 bits per heavy atom. The van der Waals surface area contributed by atoms with E-state index in [4.69, 9.17) is 10.5 Å². The van der Waals surface area contributed by atoms with E-state index in [1.165, 1.54) is 18.4 Å². The lowest BCUT2D eigenvalue weighted by molar-refractivity contribution is 0.00398. The fourth-order valence-electron chi connectivity index (χ4n) is 2.14. The van der Waals surface area contributed by atoms with E-state index in [2.05, 4.69) is 11.3 Å². The van der Waals surface area contributed by atoms with Gasteiger partial charge in [0.2, 0.25) is 0 Å². The van der Waals surface area contributed by atoms with Crippen molar-refractivity contribution in [3.8, 4) is 0 Å². The third-order valence-electron chi connectivity index (χ3n) is 2.91. The number of nitrogens with zero attached hydrogens (tertiary/aromatic N) is 2. The predicted molar refractivity (Wildman–Crippen MR) is 63.2 cm³/mol. The van der Waals surface area contributed by atoms with Gasteiger partial charge in [-0.1, -0.05) is 0 Å². The summed E-state index contributed by atoms with van der Waals surface area (Å²) >= 11 is 0. The predicted octanol–water partition coefficient (Wildman–Crippen LogP) is 1.34. The molecule has 0 radical (unpaired) electrons. The fraction of sp³-hybridized carbons (Fsp3) is 0.750. The summed E-state index contributed by atoms with van der Waals surface area (Å²) in [6.07, 6.45) is 8.86. The molecule has 4 nitrogen and oxygen atoms in total. The summed E-state index contributed by atoms with van der Waals surface area (Å²) in [6.45, 7) is 3.79. The molecule has 16 heavy (non-hydrogen) atoms. The van der Waals surface area contributed by atoms with Gasteiger partial charge in [0.15, 0.2) is 0 Å². The smallest absolute Gasteiger partial charge is 0.0770 e. The first kappa shape index (κ1) is 11.6. The van der Waals surface area contributed by atoms with Crippen LogP contribution in [0.4, 0.5) is 0 Å². The van der Waals surface area contributed by atoms with Crippen molar-refractivity contribution in [1.29, 1.82) is 0 Å². The van der Waals surface area contributed by atoms with Crippen LogP contribution in [-0.2, 0) is 17.7 Å². The molecule has 2 unspecified atom stereocenters. The number of ether oxygens (including phenoxy) is 1. The zero-order valence-electron chi connectivity index (χ0n) is 9.93. The molecular weight excluding hydrogens is 202 g/mol. The normalized spacial score (nSPS) is 23.2. The number of aromatic nitrogens is 2. The van der Waals surface area contributed by atoms with Gasteiger partial charge in [0, 0.05) is 18.8 Å². The molecule has 0 aromatic carbocycles. The second-order valence-corrected chi connectivity index (χ2v) is 4.74. The minimum Gasteiger partial charge on any atom is -0.376 e.